The second-order valence-corrected chi connectivity index (χ2v) is 6.36. The fourth-order valence-electron chi connectivity index (χ4n) is 1.63. The van der Waals surface area contributed by atoms with Crippen molar-refractivity contribution in [3.63, 3.8) is 0 Å². The lowest BCUT2D eigenvalue weighted by molar-refractivity contribution is 0.533. The zero-order valence-corrected chi connectivity index (χ0v) is 12.4. The molecule has 1 aromatic heterocycles. The number of hydrogen-bond acceptors (Lipinski definition) is 5. The van der Waals surface area contributed by atoms with E-state index in [9.17, 15) is 8.42 Å². The first-order chi connectivity index (χ1) is 9.52. The first kappa shape index (κ1) is 14.8. The summed E-state index contributed by atoms with van der Waals surface area (Å²) in [6, 6.07) is 6.86. The van der Waals surface area contributed by atoms with Gasteiger partial charge in [0.25, 0.3) is 0 Å². The minimum atomic E-state index is -3.44. The fourth-order valence-corrected chi connectivity index (χ4v) is 3.06. The van der Waals surface area contributed by atoms with Gasteiger partial charge >= 0.3 is 0 Å². The van der Waals surface area contributed by atoms with Crippen LogP contribution in [0.2, 0.25) is 0 Å². The Hall–Kier alpha value is -1.60. The lowest BCUT2D eigenvalue weighted by Gasteiger charge is -2.10. The minimum Gasteiger partial charge on any atom is -0.421 e. The van der Waals surface area contributed by atoms with Crippen LogP contribution in [-0.4, -0.2) is 30.2 Å². The summed E-state index contributed by atoms with van der Waals surface area (Å²) in [5, 5.41) is 7.64. The van der Waals surface area contributed by atoms with Gasteiger partial charge in [0.2, 0.25) is 21.8 Å². The molecule has 0 amide bonds. The molecule has 0 atom stereocenters. The molecule has 1 N–H and O–H groups in total. The van der Waals surface area contributed by atoms with Gasteiger partial charge in [-0.2, -0.15) is 0 Å². The zero-order valence-electron chi connectivity index (χ0n) is 10.8. The van der Waals surface area contributed by atoms with Crippen molar-refractivity contribution >= 4 is 27.3 Å². The molecule has 0 unspecified atom stereocenters. The molecular formula is C12H14ClN3O3S. The maximum absolute atomic E-state index is 11.9. The Kier molecular flexibility index (Phi) is 4.61. The van der Waals surface area contributed by atoms with Crippen molar-refractivity contribution < 1.29 is 12.8 Å². The molecule has 0 radical (unpaired) electrons. The summed E-state index contributed by atoms with van der Waals surface area (Å²) in [7, 11) is -3.44. The van der Waals surface area contributed by atoms with Crippen LogP contribution in [0.4, 0.5) is 5.69 Å². The van der Waals surface area contributed by atoms with E-state index in [2.05, 4.69) is 14.9 Å². The molecular weight excluding hydrogens is 302 g/mol. The van der Waals surface area contributed by atoms with Crippen molar-refractivity contribution in [2.24, 2.45) is 0 Å². The second-order valence-electron chi connectivity index (χ2n) is 4.14. The van der Waals surface area contributed by atoms with Crippen LogP contribution >= 0.6 is 11.6 Å². The summed E-state index contributed by atoms with van der Waals surface area (Å²) in [4.78, 5) is 0. The van der Waals surface area contributed by atoms with E-state index in [1.807, 2.05) is 0 Å². The highest BCUT2D eigenvalue weighted by molar-refractivity contribution is 7.92. The summed E-state index contributed by atoms with van der Waals surface area (Å²) >= 11 is 5.51. The van der Waals surface area contributed by atoms with Crippen LogP contribution in [0.1, 0.15) is 12.3 Å². The number of rotatable bonds is 6. The summed E-state index contributed by atoms with van der Waals surface area (Å²) in [6.07, 6.45) is 0.388. The molecule has 1 heterocycles. The molecule has 0 spiro atoms. The summed E-state index contributed by atoms with van der Waals surface area (Å²) in [6.45, 7) is 1.67. The van der Waals surface area contributed by atoms with Gasteiger partial charge in [-0.15, -0.1) is 21.8 Å². The topological polar surface area (TPSA) is 85.1 Å². The molecule has 0 aliphatic rings. The molecule has 0 saturated heterocycles. The number of alkyl halides is 1. The van der Waals surface area contributed by atoms with Crippen LogP contribution in [0, 0.1) is 6.92 Å². The van der Waals surface area contributed by atoms with Gasteiger partial charge in [-0.25, -0.2) is 8.42 Å². The number of halogens is 1. The van der Waals surface area contributed by atoms with E-state index < -0.39 is 10.0 Å². The van der Waals surface area contributed by atoms with Gasteiger partial charge < -0.3 is 4.42 Å². The third-order valence-corrected chi connectivity index (χ3v) is 4.12. The van der Waals surface area contributed by atoms with E-state index in [0.29, 0.717) is 29.4 Å². The molecule has 108 valence electrons. The van der Waals surface area contributed by atoms with E-state index >= 15 is 0 Å². The molecule has 6 nitrogen and oxygen atoms in total. The summed E-state index contributed by atoms with van der Waals surface area (Å²) in [5.74, 6) is 0.956. The van der Waals surface area contributed by atoms with Gasteiger partial charge in [0.15, 0.2) is 0 Å². The maximum atomic E-state index is 11.9. The summed E-state index contributed by atoms with van der Waals surface area (Å²) < 4.78 is 31.7. The first-order valence-corrected chi connectivity index (χ1v) is 8.16. The predicted molar refractivity (Wildman–Crippen MR) is 77.2 cm³/mol. The summed E-state index contributed by atoms with van der Waals surface area (Å²) in [5.41, 5.74) is 0.952. The van der Waals surface area contributed by atoms with Crippen molar-refractivity contribution in [2.75, 3.05) is 16.4 Å². The number of nitrogens with zero attached hydrogens (tertiary/aromatic N) is 2. The standard InChI is InChI=1S/C12H14ClN3O3S/c1-9-14-15-12(19-9)10-5-2-3-6-11(10)16-20(17,18)8-4-7-13/h2-3,5-6,16H,4,7-8H2,1H3. The van der Waals surface area contributed by atoms with Gasteiger partial charge in [-0.05, 0) is 18.6 Å². The predicted octanol–water partition coefficient (Wildman–Crippen LogP) is 2.42. The lowest BCUT2D eigenvalue weighted by atomic mass is 10.2. The fraction of sp³-hybridized carbons (Fsp3) is 0.333. The number of nitrogens with one attached hydrogen (secondary N) is 1. The van der Waals surface area contributed by atoms with Crippen molar-refractivity contribution in [1.82, 2.24) is 10.2 Å². The van der Waals surface area contributed by atoms with Gasteiger partial charge in [-0.1, -0.05) is 12.1 Å². The van der Waals surface area contributed by atoms with Crippen molar-refractivity contribution in [3.8, 4) is 11.5 Å². The molecule has 8 heteroatoms. The van der Waals surface area contributed by atoms with Crippen LogP contribution in [0.5, 0.6) is 0 Å². The number of aromatic nitrogens is 2. The highest BCUT2D eigenvalue weighted by Gasteiger charge is 2.16. The van der Waals surface area contributed by atoms with E-state index in [1.165, 1.54) is 0 Å². The zero-order chi connectivity index (χ0) is 14.6. The Morgan fingerprint density at radius 1 is 1.30 bits per heavy atom. The number of sulfonamides is 1. The second kappa shape index (κ2) is 6.23. The van der Waals surface area contributed by atoms with Crippen LogP contribution < -0.4 is 4.72 Å². The molecule has 20 heavy (non-hydrogen) atoms. The van der Waals surface area contributed by atoms with Gasteiger partial charge in [0.05, 0.1) is 17.0 Å². The Balaban J connectivity index is 2.29. The van der Waals surface area contributed by atoms with Crippen molar-refractivity contribution in [2.45, 2.75) is 13.3 Å². The number of para-hydroxylation sites is 1. The van der Waals surface area contributed by atoms with Crippen LogP contribution in [0.3, 0.4) is 0 Å². The Morgan fingerprint density at radius 2 is 2.05 bits per heavy atom. The highest BCUT2D eigenvalue weighted by atomic mass is 35.5. The third kappa shape index (κ3) is 3.71. The molecule has 0 bridgehead atoms. The van der Waals surface area contributed by atoms with Crippen LogP contribution in [0.25, 0.3) is 11.5 Å². The molecule has 0 saturated carbocycles. The molecule has 2 aromatic rings. The van der Waals surface area contributed by atoms with E-state index in [1.54, 1.807) is 31.2 Å². The normalized spacial score (nSPS) is 11.5. The van der Waals surface area contributed by atoms with Gasteiger partial charge in [0, 0.05) is 12.8 Å². The van der Waals surface area contributed by atoms with E-state index in [4.69, 9.17) is 16.0 Å². The maximum Gasteiger partial charge on any atom is 0.249 e. The highest BCUT2D eigenvalue weighted by Crippen LogP contribution is 2.27. The van der Waals surface area contributed by atoms with Crippen molar-refractivity contribution in [1.29, 1.82) is 0 Å². The lowest BCUT2D eigenvalue weighted by Crippen LogP contribution is -2.17. The number of aryl methyl sites for hydroxylation is 1. The Labute approximate surface area is 122 Å². The van der Waals surface area contributed by atoms with Crippen LogP contribution in [-0.2, 0) is 10.0 Å². The number of anilines is 1. The monoisotopic (exact) mass is 315 g/mol. The van der Waals surface area contributed by atoms with Gasteiger partial charge in [-0.3, -0.25) is 4.72 Å². The van der Waals surface area contributed by atoms with E-state index in [0.717, 1.165) is 0 Å². The molecule has 1 aromatic carbocycles. The number of hydrogen-bond donors (Lipinski definition) is 1. The SMILES string of the molecule is Cc1nnc(-c2ccccc2NS(=O)(=O)CCCCl)o1. The first-order valence-electron chi connectivity index (χ1n) is 5.98. The number of benzene rings is 1. The molecule has 2 rings (SSSR count). The molecule has 0 aliphatic heterocycles. The van der Waals surface area contributed by atoms with Gasteiger partial charge in [0.1, 0.15) is 0 Å². The largest absolute Gasteiger partial charge is 0.421 e. The molecule has 0 fully saturated rings. The van der Waals surface area contributed by atoms with Crippen molar-refractivity contribution in [3.05, 3.63) is 30.2 Å². The molecule has 0 aliphatic carbocycles. The minimum absolute atomic E-state index is 0.0340. The quantitative estimate of drug-likeness (QED) is 0.827. The Morgan fingerprint density at radius 3 is 2.70 bits per heavy atom. The van der Waals surface area contributed by atoms with Crippen LogP contribution in [0.15, 0.2) is 28.7 Å². The smallest absolute Gasteiger partial charge is 0.249 e. The van der Waals surface area contributed by atoms with E-state index in [-0.39, 0.29) is 11.6 Å². The average molecular weight is 316 g/mol. The average Bonchev–Trinajstić information content (AvgIpc) is 2.83. The third-order valence-electron chi connectivity index (χ3n) is 2.50. The Bertz CT molecular complexity index is 685.